The molecule has 0 aliphatic carbocycles. The van der Waals surface area contributed by atoms with E-state index in [4.69, 9.17) is 0 Å². The topological polar surface area (TPSA) is 41.1 Å². The minimum atomic E-state index is -0.897. The van der Waals surface area contributed by atoms with Gasteiger partial charge in [0.05, 0.1) is 6.54 Å². The van der Waals surface area contributed by atoms with Crippen LogP contribution < -0.4 is 10.6 Å². The number of halogens is 2. The molecule has 0 aromatic heterocycles. The van der Waals surface area contributed by atoms with Crippen LogP contribution in [0.25, 0.3) is 10.8 Å². The Labute approximate surface area is 144 Å². The van der Waals surface area contributed by atoms with Crippen molar-refractivity contribution in [3.05, 3.63) is 77.9 Å². The number of fused-ring (bicyclic) bond motifs is 1. The lowest BCUT2D eigenvalue weighted by molar-refractivity contribution is -0.115. The third-order valence-corrected chi connectivity index (χ3v) is 4.08. The molecule has 1 atom stereocenters. The standard InChI is InChI=1S/C20H18F2N2O/c1-13(15-9-10-17(21)18(22)11-15)23-12-20(25)24-19-8-4-6-14-5-2-3-7-16(14)19/h2-11,13,23H,12H2,1H3,(H,24,25)/t13-/m0/s1. The highest BCUT2D eigenvalue weighted by Crippen LogP contribution is 2.23. The third-order valence-electron chi connectivity index (χ3n) is 4.08. The Bertz CT molecular complexity index is 906. The minimum absolute atomic E-state index is 0.0589. The van der Waals surface area contributed by atoms with Crippen LogP contribution in [0.3, 0.4) is 0 Å². The van der Waals surface area contributed by atoms with Crippen LogP contribution in [-0.4, -0.2) is 12.5 Å². The SMILES string of the molecule is C[C@H](NCC(=O)Nc1cccc2ccccc12)c1ccc(F)c(F)c1. The third kappa shape index (κ3) is 4.00. The number of anilines is 1. The van der Waals surface area contributed by atoms with Gasteiger partial charge in [-0.25, -0.2) is 8.78 Å². The van der Waals surface area contributed by atoms with Gasteiger partial charge in [0.2, 0.25) is 5.91 Å². The molecule has 5 heteroatoms. The van der Waals surface area contributed by atoms with E-state index in [-0.39, 0.29) is 18.5 Å². The summed E-state index contributed by atoms with van der Waals surface area (Å²) in [7, 11) is 0. The molecule has 3 nitrogen and oxygen atoms in total. The summed E-state index contributed by atoms with van der Waals surface area (Å²) in [5.41, 5.74) is 1.32. The fourth-order valence-electron chi connectivity index (χ4n) is 2.67. The van der Waals surface area contributed by atoms with Gasteiger partial charge in [0, 0.05) is 17.1 Å². The minimum Gasteiger partial charge on any atom is -0.324 e. The normalized spacial score (nSPS) is 12.1. The molecule has 3 aromatic rings. The first-order chi connectivity index (χ1) is 12.0. The fraction of sp³-hybridized carbons (Fsp3) is 0.150. The van der Waals surface area contributed by atoms with Crippen molar-refractivity contribution in [2.45, 2.75) is 13.0 Å². The summed E-state index contributed by atoms with van der Waals surface area (Å²) in [5.74, 6) is -1.98. The Hall–Kier alpha value is -2.79. The highest BCUT2D eigenvalue weighted by Gasteiger charge is 2.11. The van der Waals surface area contributed by atoms with Gasteiger partial charge in [0.15, 0.2) is 11.6 Å². The van der Waals surface area contributed by atoms with Gasteiger partial charge >= 0.3 is 0 Å². The van der Waals surface area contributed by atoms with Crippen LogP contribution in [0.2, 0.25) is 0 Å². The number of benzene rings is 3. The zero-order valence-corrected chi connectivity index (χ0v) is 13.7. The van der Waals surface area contributed by atoms with E-state index < -0.39 is 11.6 Å². The van der Waals surface area contributed by atoms with Gasteiger partial charge in [0.1, 0.15) is 0 Å². The predicted molar refractivity (Wildman–Crippen MR) is 95.4 cm³/mol. The molecule has 0 saturated heterocycles. The van der Waals surface area contributed by atoms with Crippen molar-refractivity contribution in [3.63, 3.8) is 0 Å². The van der Waals surface area contributed by atoms with Crippen LogP contribution in [-0.2, 0) is 4.79 Å². The molecule has 1 amide bonds. The van der Waals surface area contributed by atoms with E-state index in [1.54, 1.807) is 6.92 Å². The first kappa shape index (κ1) is 17.0. The summed E-state index contributed by atoms with van der Waals surface area (Å²) in [4.78, 5) is 12.2. The smallest absolute Gasteiger partial charge is 0.238 e. The summed E-state index contributed by atoms with van der Waals surface area (Å²) in [6.45, 7) is 1.85. The van der Waals surface area contributed by atoms with E-state index in [1.165, 1.54) is 6.07 Å². The van der Waals surface area contributed by atoms with Crippen LogP contribution in [0.15, 0.2) is 60.7 Å². The van der Waals surface area contributed by atoms with Gasteiger partial charge in [-0.2, -0.15) is 0 Å². The van der Waals surface area contributed by atoms with Crippen LogP contribution in [0, 0.1) is 11.6 Å². The second-order valence-corrected chi connectivity index (χ2v) is 5.85. The Kier molecular flexibility index (Phi) is 5.05. The van der Waals surface area contributed by atoms with E-state index >= 15 is 0 Å². The van der Waals surface area contributed by atoms with E-state index in [2.05, 4.69) is 10.6 Å². The highest BCUT2D eigenvalue weighted by atomic mass is 19.2. The lowest BCUT2D eigenvalue weighted by Gasteiger charge is -2.15. The molecule has 0 spiro atoms. The molecule has 0 saturated carbocycles. The summed E-state index contributed by atoms with van der Waals surface area (Å²) < 4.78 is 26.3. The molecule has 3 rings (SSSR count). The Balaban J connectivity index is 1.63. The number of carbonyl (C=O) groups excluding carboxylic acids is 1. The average Bonchev–Trinajstić information content (AvgIpc) is 2.62. The van der Waals surface area contributed by atoms with Gasteiger partial charge in [-0.3, -0.25) is 4.79 Å². The highest BCUT2D eigenvalue weighted by molar-refractivity contribution is 6.02. The first-order valence-electron chi connectivity index (χ1n) is 8.00. The fourth-order valence-corrected chi connectivity index (χ4v) is 2.67. The summed E-state index contributed by atoms with van der Waals surface area (Å²) in [6.07, 6.45) is 0. The molecule has 0 fully saturated rings. The molecular formula is C20H18F2N2O. The average molecular weight is 340 g/mol. The molecule has 0 unspecified atom stereocenters. The Morgan fingerprint density at radius 3 is 2.56 bits per heavy atom. The van der Waals surface area contributed by atoms with Crippen molar-refractivity contribution in [1.29, 1.82) is 0 Å². The van der Waals surface area contributed by atoms with Crippen LogP contribution >= 0.6 is 0 Å². The van der Waals surface area contributed by atoms with Crippen molar-refractivity contribution in [1.82, 2.24) is 5.32 Å². The van der Waals surface area contributed by atoms with Crippen molar-refractivity contribution in [2.75, 3.05) is 11.9 Å². The van der Waals surface area contributed by atoms with Crippen molar-refractivity contribution >= 4 is 22.4 Å². The number of amides is 1. The first-order valence-corrected chi connectivity index (χ1v) is 8.00. The quantitative estimate of drug-likeness (QED) is 0.722. The van der Waals surface area contributed by atoms with Crippen LogP contribution in [0.5, 0.6) is 0 Å². The number of hydrogen-bond donors (Lipinski definition) is 2. The molecule has 3 aromatic carbocycles. The molecule has 0 heterocycles. The zero-order valence-electron chi connectivity index (χ0n) is 13.7. The van der Waals surface area contributed by atoms with E-state index in [0.717, 1.165) is 28.6 Å². The predicted octanol–water partition coefficient (Wildman–Crippen LogP) is 4.41. The Morgan fingerprint density at radius 1 is 1.00 bits per heavy atom. The maximum absolute atomic E-state index is 13.3. The van der Waals surface area contributed by atoms with Gasteiger partial charge < -0.3 is 10.6 Å². The molecular weight excluding hydrogens is 322 g/mol. The Morgan fingerprint density at radius 2 is 1.76 bits per heavy atom. The molecule has 0 aliphatic rings. The number of hydrogen-bond acceptors (Lipinski definition) is 2. The van der Waals surface area contributed by atoms with Crippen molar-refractivity contribution in [3.8, 4) is 0 Å². The molecule has 2 N–H and O–H groups in total. The molecule has 128 valence electrons. The summed E-state index contributed by atoms with van der Waals surface area (Å²) in [5, 5.41) is 7.90. The molecule has 0 radical (unpaired) electrons. The van der Waals surface area contributed by atoms with E-state index in [1.807, 2.05) is 42.5 Å². The van der Waals surface area contributed by atoms with Gasteiger partial charge in [-0.1, -0.05) is 42.5 Å². The second-order valence-electron chi connectivity index (χ2n) is 5.85. The summed E-state index contributed by atoms with van der Waals surface area (Å²) >= 11 is 0. The lowest BCUT2D eigenvalue weighted by atomic mass is 10.1. The van der Waals surface area contributed by atoms with Gasteiger partial charge in [-0.05, 0) is 36.1 Å². The van der Waals surface area contributed by atoms with Crippen molar-refractivity contribution < 1.29 is 13.6 Å². The van der Waals surface area contributed by atoms with Crippen LogP contribution in [0.4, 0.5) is 14.5 Å². The van der Waals surface area contributed by atoms with Gasteiger partial charge in [-0.15, -0.1) is 0 Å². The molecule has 25 heavy (non-hydrogen) atoms. The second kappa shape index (κ2) is 7.40. The number of rotatable bonds is 5. The molecule has 0 bridgehead atoms. The zero-order chi connectivity index (χ0) is 17.8. The molecule has 0 aliphatic heterocycles. The monoisotopic (exact) mass is 340 g/mol. The largest absolute Gasteiger partial charge is 0.324 e. The number of carbonyl (C=O) groups is 1. The van der Waals surface area contributed by atoms with E-state index in [0.29, 0.717) is 5.56 Å². The van der Waals surface area contributed by atoms with Crippen molar-refractivity contribution in [2.24, 2.45) is 0 Å². The summed E-state index contributed by atoms with van der Waals surface area (Å²) in [6, 6.07) is 16.9. The number of nitrogens with one attached hydrogen (secondary N) is 2. The lowest BCUT2D eigenvalue weighted by Crippen LogP contribution is -2.30. The van der Waals surface area contributed by atoms with Crippen LogP contribution in [0.1, 0.15) is 18.5 Å². The van der Waals surface area contributed by atoms with Gasteiger partial charge in [0.25, 0.3) is 0 Å². The maximum atomic E-state index is 13.3. The van der Waals surface area contributed by atoms with E-state index in [9.17, 15) is 13.6 Å². The maximum Gasteiger partial charge on any atom is 0.238 e.